The summed E-state index contributed by atoms with van der Waals surface area (Å²) in [6.07, 6.45) is 0. The predicted octanol–water partition coefficient (Wildman–Crippen LogP) is 3.41. The number of nitrogens with one attached hydrogen (secondary N) is 2. The summed E-state index contributed by atoms with van der Waals surface area (Å²) in [4.78, 5) is 11.4. The fraction of sp³-hybridized carbons (Fsp3) is 0.0500. The van der Waals surface area contributed by atoms with Crippen LogP contribution in [-0.4, -0.2) is 19.5 Å². The van der Waals surface area contributed by atoms with E-state index in [0.717, 1.165) is 11.1 Å². The number of hydroxylamine groups is 1. The maximum absolute atomic E-state index is 12.4. The van der Waals surface area contributed by atoms with Crippen LogP contribution in [0.2, 0.25) is 0 Å². The van der Waals surface area contributed by atoms with Crippen molar-refractivity contribution in [3.05, 3.63) is 90.0 Å². The van der Waals surface area contributed by atoms with Crippen LogP contribution in [0.5, 0.6) is 0 Å². The zero-order valence-corrected chi connectivity index (χ0v) is 15.1. The van der Waals surface area contributed by atoms with Gasteiger partial charge in [0.15, 0.2) is 0 Å². The van der Waals surface area contributed by atoms with E-state index in [4.69, 9.17) is 5.21 Å². The third kappa shape index (κ3) is 4.93. The maximum atomic E-state index is 12.4. The summed E-state index contributed by atoms with van der Waals surface area (Å²) in [5, 5.41) is 8.66. The lowest BCUT2D eigenvalue weighted by atomic mass is 10.0. The van der Waals surface area contributed by atoms with Gasteiger partial charge in [-0.15, -0.1) is 0 Å². The number of rotatable bonds is 6. The number of carbonyl (C=O) groups is 1. The third-order valence-electron chi connectivity index (χ3n) is 3.92. The van der Waals surface area contributed by atoms with Crippen LogP contribution < -0.4 is 10.2 Å². The minimum Gasteiger partial charge on any atom is -0.288 e. The molecule has 6 nitrogen and oxygen atoms in total. The van der Waals surface area contributed by atoms with Crippen molar-refractivity contribution in [1.82, 2.24) is 5.48 Å². The highest BCUT2D eigenvalue weighted by atomic mass is 32.2. The molecule has 0 aliphatic carbocycles. The predicted molar refractivity (Wildman–Crippen MR) is 104 cm³/mol. The first-order chi connectivity index (χ1) is 13.0. The van der Waals surface area contributed by atoms with E-state index in [1.54, 1.807) is 72.2 Å². The van der Waals surface area contributed by atoms with Gasteiger partial charge in [-0.3, -0.25) is 14.7 Å². The Balaban J connectivity index is 1.78. The van der Waals surface area contributed by atoms with Crippen molar-refractivity contribution >= 4 is 21.6 Å². The number of hydrogen-bond acceptors (Lipinski definition) is 4. The second-order valence-corrected chi connectivity index (χ2v) is 7.67. The van der Waals surface area contributed by atoms with Crippen LogP contribution in [0.25, 0.3) is 11.1 Å². The molecular formula is C20H18N2O4S. The topological polar surface area (TPSA) is 95.5 Å². The zero-order valence-electron chi connectivity index (χ0n) is 14.3. The second kappa shape index (κ2) is 8.03. The average molecular weight is 382 g/mol. The van der Waals surface area contributed by atoms with E-state index in [2.05, 4.69) is 4.72 Å². The molecule has 27 heavy (non-hydrogen) atoms. The molecule has 0 spiro atoms. The number of anilines is 1. The first-order valence-electron chi connectivity index (χ1n) is 8.16. The van der Waals surface area contributed by atoms with Crippen LogP contribution in [0, 0.1) is 0 Å². The first-order valence-corrected chi connectivity index (χ1v) is 9.81. The van der Waals surface area contributed by atoms with Crippen molar-refractivity contribution in [2.45, 2.75) is 5.75 Å². The third-order valence-corrected chi connectivity index (χ3v) is 5.18. The molecule has 7 heteroatoms. The minimum atomic E-state index is -3.54. The highest BCUT2D eigenvalue weighted by molar-refractivity contribution is 7.91. The van der Waals surface area contributed by atoms with Crippen molar-refractivity contribution in [1.29, 1.82) is 0 Å². The summed E-state index contributed by atoms with van der Waals surface area (Å²) >= 11 is 0. The van der Waals surface area contributed by atoms with E-state index in [1.165, 1.54) is 0 Å². The Bertz CT molecular complexity index is 1030. The number of benzene rings is 3. The summed E-state index contributed by atoms with van der Waals surface area (Å²) in [6.45, 7) is 0. The van der Waals surface area contributed by atoms with Gasteiger partial charge in [0.25, 0.3) is 5.91 Å². The Morgan fingerprint density at radius 2 is 1.56 bits per heavy atom. The monoisotopic (exact) mass is 382 g/mol. The molecule has 0 unspecified atom stereocenters. The molecule has 1 amide bonds. The zero-order chi connectivity index (χ0) is 19.3. The summed E-state index contributed by atoms with van der Waals surface area (Å²) in [5.41, 5.74) is 4.68. The van der Waals surface area contributed by atoms with Gasteiger partial charge in [0.05, 0.1) is 5.75 Å². The molecule has 0 saturated heterocycles. The molecule has 3 aromatic rings. The van der Waals surface area contributed by atoms with Gasteiger partial charge in [-0.2, -0.15) is 0 Å². The van der Waals surface area contributed by atoms with Crippen molar-refractivity contribution in [2.24, 2.45) is 0 Å². The smallest absolute Gasteiger partial charge is 0.274 e. The quantitative estimate of drug-likeness (QED) is 0.450. The summed E-state index contributed by atoms with van der Waals surface area (Å²) in [7, 11) is -3.54. The fourth-order valence-corrected chi connectivity index (χ4v) is 3.84. The van der Waals surface area contributed by atoms with Crippen LogP contribution in [0.3, 0.4) is 0 Å². The van der Waals surface area contributed by atoms with Gasteiger partial charge in [0.1, 0.15) is 0 Å². The van der Waals surface area contributed by atoms with Gasteiger partial charge in [0.2, 0.25) is 10.0 Å². The van der Waals surface area contributed by atoms with Crippen LogP contribution >= 0.6 is 0 Å². The van der Waals surface area contributed by atoms with Crippen molar-refractivity contribution in [3.8, 4) is 11.1 Å². The molecule has 0 bridgehead atoms. The molecule has 0 saturated carbocycles. The Morgan fingerprint density at radius 3 is 2.22 bits per heavy atom. The molecule has 0 atom stereocenters. The van der Waals surface area contributed by atoms with Crippen LogP contribution in [-0.2, 0) is 15.8 Å². The minimum absolute atomic E-state index is 0.108. The molecule has 0 aromatic heterocycles. The van der Waals surface area contributed by atoms with Crippen molar-refractivity contribution in [2.75, 3.05) is 4.72 Å². The van der Waals surface area contributed by atoms with Crippen LogP contribution in [0.1, 0.15) is 15.9 Å². The largest absolute Gasteiger partial charge is 0.288 e. The van der Waals surface area contributed by atoms with Gasteiger partial charge in [-0.25, -0.2) is 13.9 Å². The van der Waals surface area contributed by atoms with Crippen LogP contribution in [0.15, 0.2) is 78.9 Å². The van der Waals surface area contributed by atoms with Gasteiger partial charge in [0, 0.05) is 11.3 Å². The lowest BCUT2D eigenvalue weighted by Crippen LogP contribution is -2.18. The standard InChI is InChI=1S/C20H18N2O4S/c23-20(21-24)17-11-9-16(10-12-17)18-7-4-8-19(13-18)22-27(25,26)14-15-5-2-1-3-6-15/h1-13,22,24H,14H2,(H,21,23). The molecule has 3 aromatic carbocycles. The van der Waals surface area contributed by atoms with E-state index >= 15 is 0 Å². The molecule has 0 aliphatic rings. The normalized spacial score (nSPS) is 11.0. The van der Waals surface area contributed by atoms with Gasteiger partial charge in [-0.1, -0.05) is 54.6 Å². The first kappa shape index (κ1) is 18.6. The van der Waals surface area contributed by atoms with E-state index in [0.29, 0.717) is 16.8 Å². The Hall–Kier alpha value is -3.16. The van der Waals surface area contributed by atoms with Crippen LogP contribution in [0.4, 0.5) is 5.69 Å². The number of hydrogen-bond donors (Lipinski definition) is 3. The summed E-state index contributed by atoms with van der Waals surface area (Å²) < 4.78 is 27.4. The highest BCUT2D eigenvalue weighted by Crippen LogP contribution is 2.24. The SMILES string of the molecule is O=C(NO)c1ccc(-c2cccc(NS(=O)(=O)Cc3ccccc3)c2)cc1. The Labute approximate surface area is 157 Å². The molecular weight excluding hydrogens is 364 g/mol. The van der Waals surface area contributed by atoms with E-state index in [-0.39, 0.29) is 5.75 Å². The second-order valence-electron chi connectivity index (χ2n) is 5.95. The summed E-state index contributed by atoms with van der Waals surface area (Å²) in [5.74, 6) is -0.702. The lowest BCUT2D eigenvalue weighted by Gasteiger charge is -2.10. The molecule has 138 valence electrons. The number of sulfonamides is 1. The van der Waals surface area contributed by atoms with E-state index in [1.807, 2.05) is 12.1 Å². The lowest BCUT2D eigenvalue weighted by molar-refractivity contribution is 0.0706. The molecule has 0 radical (unpaired) electrons. The Morgan fingerprint density at radius 1 is 0.852 bits per heavy atom. The number of carbonyl (C=O) groups excluding carboxylic acids is 1. The Kier molecular flexibility index (Phi) is 5.54. The van der Waals surface area contributed by atoms with Crippen molar-refractivity contribution < 1.29 is 18.4 Å². The molecule has 3 rings (SSSR count). The van der Waals surface area contributed by atoms with Crippen molar-refractivity contribution in [3.63, 3.8) is 0 Å². The van der Waals surface area contributed by atoms with Gasteiger partial charge in [-0.05, 0) is 41.0 Å². The van der Waals surface area contributed by atoms with E-state index in [9.17, 15) is 13.2 Å². The number of amides is 1. The molecule has 0 fully saturated rings. The van der Waals surface area contributed by atoms with Gasteiger partial charge < -0.3 is 0 Å². The maximum Gasteiger partial charge on any atom is 0.274 e. The average Bonchev–Trinajstić information content (AvgIpc) is 2.67. The fourth-order valence-electron chi connectivity index (χ4n) is 2.65. The van der Waals surface area contributed by atoms with Gasteiger partial charge >= 0.3 is 0 Å². The molecule has 0 aliphatic heterocycles. The molecule has 0 heterocycles. The molecule has 3 N–H and O–H groups in total. The van der Waals surface area contributed by atoms with E-state index < -0.39 is 15.9 Å². The highest BCUT2D eigenvalue weighted by Gasteiger charge is 2.12. The summed E-state index contributed by atoms with van der Waals surface area (Å²) in [6, 6.07) is 22.6.